The van der Waals surface area contributed by atoms with E-state index < -0.39 is 11.6 Å². The molecule has 0 atom stereocenters. The summed E-state index contributed by atoms with van der Waals surface area (Å²) in [4.78, 5) is 21.0. The van der Waals surface area contributed by atoms with Crippen molar-refractivity contribution in [3.05, 3.63) is 17.6 Å². The maximum absolute atomic E-state index is 11.5. The first kappa shape index (κ1) is 18.7. The third-order valence-electron chi connectivity index (χ3n) is 3.12. The number of amides is 1. The Balaban J connectivity index is 3.14. The summed E-state index contributed by atoms with van der Waals surface area (Å²) >= 11 is 0. The largest absolute Gasteiger partial charge is 0.465 e. The number of rotatable bonds is 4. The van der Waals surface area contributed by atoms with Gasteiger partial charge in [0.25, 0.3) is 0 Å². The lowest BCUT2D eigenvalue weighted by Crippen LogP contribution is -2.44. The number of nitrogens with one attached hydrogen (secondary N) is 1. The maximum Gasteiger partial charge on any atom is 0.408 e. The van der Waals surface area contributed by atoms with Crippen molar-refractivity contribution >= 4 is 11.9 Å². The number of anilines is 1. The van der Waals surface area contributed by atoms with Crippen molar-refractivity contribution < 1.29 is 9.90 Å². The molecule has 126 valence electrons. The average molecular weight is 319 g/mol. The molecule has 0 aliphatic rings. The van der Waals surface area contributed by atoms with Gasteiger partial charge in [-0.05, 0) is 26.2 Å². The Hall–Kier alpha value is -2.36. The van der Waals surface area contributed by atoms with Crippen LogP contribution in [0.15, 0.2) is 6.20 Å². The van der Waals surface area contributed by atoms with Crippen LogP contribution in [0.5, 0.6) is 0 Å². The highest BCUT2D eigenvalue weighted by molar-refractivity contribution is 5.66. The van der Waals surface area contributed by atoms with Gasteiger partial charge in [0, 0.05) is 23.8 Å². The Morgan fingerprint density at radius 3 is 2.39 bits per heavy atom. The van der Waals surface area contributed by atoms with Crippen LogP contribution in [0.1, 0.15) is 52.9 Å². The van der Waals surface area contributed by atoms with E-state index in [-0.39, 0.29) is 17.8 Å². The van der Waals surface area contributed by atoms with Gasteiger partial charge in [-0.15, -0.1) is 0 Å². The summed E-state index contributed by atoms with van der Waals surface area (Å²) < 4.78 is 0. The van der Waals surface area contributed by atoms with Gasteiger partial charge < -0.3 is 10.4 Å². The maximum atomic E-state index is 11.5. The fraction of sp³-hybridized carbons (Fsp3) is 0.625. The Bertz CT molecular complexity index is 608. The zero-order valence-electron chi connectivity index (χ0n) is 14.6. The molecule has 0 radical (unpaired) electrons. The van der Waals surface area contributed by atoms with Crippen molar-refractivity contribution in [2.24, 2.45) is 5.41 Å². The minimum atomic E-state index is -1.01. The van der Waals surface area contributed by atoms with E-state index in [1.54, 1.807) is 0 Å². The monoisotopic (exact) mass is 319 g/mol. The Kier molecular flexibility index (Phi) is 5.54. The van der Waals surface area contributed by atoms with Crippen LogP contribution in [0, 0.1) is 16.7 Å². The molecule has 0 aromatic carbocycles. The van der Waals surface area contributed by atoms with Gasteiger partial charge in [0.05, 0.1) is 6.54 Å². The van der Waals surface area contributed by atoms with Crippen LogP contribution in [0.3, 0.4) is 0 Å². The fourth-order valence-electron chi connectivity index (χ4n) is 1.84. The molecule has 0 unspecified atom stereocenters. The highest BCUT2D eigenvalue weighted by Gasteiger charge is 2.27. The number of carbonyl (C=O) groups is 1. The number of aromatic nitrogens is 2. The van der Waals surface area contributed by atoms with E-state index in [1.807, 2.05) is 26.8 Å². The number of hydrogen-bond donors (Lipinski definition) is 2. The SMILES string of the molecule is CC(C)(C)CNc1nc(C#N)ncc1CN(C(=O)O)C(C)(C)C. The van der Waals surface area contributed by atoms with E-state index in [1.165, 1.54) is 11.1 Å². The molecule has 0 bridgehead atoms. The van der Waals surface area contributed by atoms with Crippen molar-refractivity contribution in [2.45, 2.75) is 53.6 Å². The van der Waals surface area contributed by atoms with Gasteiger partial charge in [0.2, 0.25) is 5.82 Å². The lowest BCUT2D eigenvalue weighted by atomic mass is 9.97. The van der Waals surface area contributed by atoms with Crippen LogP contribution in [-0.2, 0) is 6.54 Å². The van der Waals surface area contributed by atoms with Crippen molar-refractivity contribution in [1.82, 2.24) is 14.9 Å². The summed E-state index contributed by atoms with van der Waals surface area (Å²) in [5, 5.41) is 21.6. The van der Waals surface area contributed by atoms with Crippen LogP contribution < -0.4 is 5.32 Å². The second-order valence-corrected chi connectivity index (χ2v) is 7.63. The molecule has 0 fully saturated rings. The quantitative estimate of drug-likeness (QED) is 0.884. The predicted molar refractivity (Wildman–Crippen MR) is 88.0 cm³/mol. The van der Waals surface area contributed by atoms with Gasteiger partial charge in [0.1, 0.15) is 11.9 Å². The fourth-order valence-corrected chi connectivity index (χ4v) is 1.84. The topological polar surface area (TPSA) is 102 Å². The highest BCUT2D eigenvalue weighted by Crippen LogP contribution is 2.22. The van der Waals surface area contributed by atoms with E-state index in [9.17, 15) is 9.90 Å². The summed E-state index contributed by atoms with van der Waals surface area (Å²) in [6, 6.07) is 1.91. The summed E-state index contributed by atoms with van der Waals surface area (Å²) in [6.07, 6.45) is 0.502. The second kappa shape index (κ2) is 6.82. The third-order valence-corrected chi connectivity index (χ3v) is 3.12. The average Bonchev–Trinajstić information content (AvgIpc) is 2.40. The molecular formula is C16H25N5O2. The molecule has 1 amide bonds. The lowest BCUT2D eigenvalue weighted by molar-refractivity contribution is 0.0955. The molecule has 0 aliphatic heterocycles. The van der Waals surface area contributed by atoms with E-state index in [4.69, 9.17) is 5.26 Å². The molecule has 1 aromatic rings. The molecular weight excluding hydrogens is 294 g/mol. The van der Waals surface area contributed by atoms with Crippen LogP contribution in [-0.4, -0.2) is 38.2 Å². The van der Waals surface area contributed by atoms with Crippen LogP contribution >= 0.6 is 0 Å². The van der Waals surface area contributed by atoms with Crippen molar-refractivity contribution in [2.75, 3.05) is 11.9 Å². The minimum Gasteiger partial charge on any atom is -0.465 e. The number of nitriles is 1. The zero-order valence-corrected chi connectivity index (χ0v) is 14.6. The number of nitrogens with zero attached hydrogens (tertiary/aromatic N) is 4. The molecule has 2 N–H and O–H groups in total. The molecule has 1 aromatic heterocycles. The standard InChI is InChI=1S/C16H25N5O2/c1-15(2,3)10-19-13-11(8-18-12(7-17)20-13)9-21(14(22)23)16(4,5)6/h8H,9-10H2,1-6H3,(H,22,23)(H,18,19,20). The summed E-state index contributed by atoms with van der Waals surface area (Å²) in [7, 11) is 0. The highest BCUT2D eigenvalue weighted by atomic mass is 16.4. The first-order valence-electron chi connectivity index (χ1n) is 7.44. The van der Waals surface area contributed by atoms with Gasteiger partial charge in [-0.2, -0.15) is 5.26 Å². The molecule has 1 heterocycles. The molecule has 7 heteroatoms. The lowest BCUT2D eigenvalue weighted by Gasteiger charge is -2.33. The summed E-state index contributed by atoms with van der Waals surface area (Å²) in [6.45, 7) is 12.5. The zero-order chi connectivity index (χ0) is 17.8. The van der Waals surface area contributed by atoms with E-state index >= 15 is 0 Å². The Morgan fingerprint density at radius 1 is 1.35 bits per heavy atom. The predicted octanol–water partition coefficient (Wildman–Crippen LogP) is 3.08. The first-order chi connectivity index (χ1) is 10.4. The van der Waals surface area contributed by atoms with Gasteiger partial charge in [-0.25, -0.2) is 14.8 Å². The molecule has 0 aliphatic carbocycles. The molecule has 23 heavy (non-hydrogen) atoms. The van der Waals surface area contributed by atoms with Crippen LogP contribution in [0.25, 0.3) is 0 Å². The minimum absolute atomic E-state index is 0.0194. The summed E-state index contributed by atoms with van der Waals surface area (Å²) in [5.74, 6) is 0.560. The Morgan fingerprint density at radius 2 is 1.96 bits per heavy atom. The van der Waals surface area contributed by atoms with E-state index in [2.05, 4.69) is 36.1 Å². The molecule has 0 saturated heterocycles. The second-order valence-electron chi connectivity index (χ2n) is 7.63. The molecule has 0 spiro atoms. The first-order valence-corrected chi connectivity index (χ1v) is 7.44. The van der Waals surface area contributed by atoms with Gasteiger partial charge in [-0.1, -0.05) is 20.8 Å². The number of hydrogen-bond acceptors (Lipinski definition) is 5. The Labute approximate surface area is 137 Å². The van der Waals surface area contributed by atoms with Gasteiger partial charge >= 0.3 is 6.09 Å². The molecule has 0 saturated carbocycles. The van der Waals surface area contributed by atoms with E-state index in [0.717, 1.165) is 0 Å². The van der Waals surface area contributed by atoms with Crippen LogP contribution in [0.4, 0.5) is 10.6 Å². The van der Waals surface area contributed by atoms with E-state index in [0.29, 0.717) is 17.9 Å². The van der Waals surface area contributed by atoms with Gasteiger partial charge in [0.15, 0.2) is 0 Å². The third kappa shape index (κ3) is 5.74. The van der Waals surface area contributed by atoms with Gasteiger partial charge in [-0.3, -0.25) is 4.90 Å². The van der Waals surface area contributed by atoms with Crippen LogP contribution in [0.2, 0.25) is 0 Å². The molecule has 7 nitrogen and oxygen atoms in total. The normalized spacial score (nSPS) is 11.7. The van der Waals surface area contributed by atoms with Crippen molar-refractivity contribution in [3.8, 4) is 6.07 Å². The summed E-state index contributed by atoms with van der Waals surface area (Å²) in [5.41, 5.74) is 0.109. The number of carboxylic acid groups (broad SMARTS) is 1. The van der Waals surface area contributed by atoms with Crippen molar-refractivity contribution in [3.63, 3.8) is 0 Å². The smallest absolute Gasteiger partial charge is 0.408 e. The van der Waals surface area contributed by atoms with Crippen molar-refractivity contribution in [1.29, 1.82) is 5.26 Å². The molecule has 1 rings (SSSR count).